The van der Waals surface area contributed by atoms with E-state index >= 15 is 0 Å². The summed E-state index contributed by atoms with van der Waals surface area (Å²) in [5.74, 6) is 0. The molecule has 16 heavy (non-hydrogen) atoms. The molecule has 90 valence electrons. The predicted molar refractivity (Wildman–Crippen MR) is 71.3 cm³/mol. The second-order valence-corrected chi connectivity index (χ2v) is 6.25. The van der Waals surface area contributed by atoms with E-state index in [4.69, 9.17) is 11.6 Å². The summed E-state index contributed by atoms with van der Waals surface area (Å²) in [5.41, 5.74) is 0. The van der Waals surface area contributed by atoms with Gasteiger partial charge >= 0.3 is 0 Å². The number of likely N-dealkylation sites (N-methyl/N-ethyl adjacent to an activating group) is 1. The van der Waals surface area contributed by atoms with E-state index in [0.717, 1.165) is 30.0 Å². The number of nitrogens with zero attached hydrogens (tertiary/aromatic N) is 1. The van der Waals surface area contributed by atoms with Gasteiger partial charge in [0, 0.05) is 30.6 Å². The first-order chi connectivity index (χ1) is 7.75. The predicted octanol–water partition coefficient (Wildman–Crippen LogP) is 2.98. The monoisotopic (exact) mass is 258 g/mol. The fourth-order valence-electron chi connectivity index (χ4n) is 1.92. The van der Waals surface area contributed by atoms with Crippen LogP contribution in [0, 0.1) is 0 Å². The van der Waals surface area contributed by atoms with Crippen LogP contribution in [-0.4, -0.2) is 31.1 Å². The van der Waals surface area contributed by atoms with Crippen molar-refractivity contribution in [2.75, 3.05) is 20.1 Å². The molecule has 1 aliphatic rings. The Hall–Kier alpha value is -0.0900. The first-order valence-electron chi connectivity index (χ1n) is 5.91. The Morgan fingerprint density at radius 2 is 2.31 bits per heavy atom. The normalized spacial score (nSPS) is 16.7. The third-order valence-electron chi connectivity index (χ3n) is 3.27. The molecule has 0 aromatic carbocycles. The third-order valence-corrected chi connectivity index (χ3v) is 4.50. The highest BCUT2D eigenvalue weighted by atomic mass is 35.5. The Morgan fingerprint density at radius 1 is 1.50 bits per heavy atom. The molecule has 2 rings (SSSR count). The zero-order valence-electron chi connectivity index (χ0n) is 9.71. The van der Waals surface area contributed by atoms with Crippen LogP contribution >= 0.6 is 22.9 Å². The largest absolute Gasteiger partial charge is 0.311 e. The van der Waals surface area contributed by atoms with Gasteiger partial charge in [0.1, 0.15) is 0 Å². The van der Waals surface area contributed by atoms with Crippen molar-refractivity contribution in [1.29, 1.82) is 0 Å². The van der Waals surface area contributed by atoms with E-state index in [0.29, 0.717) is 0 Å². The molecular formula is C12H19ClN2S. The summed E-state index contributed by atoms with van der Waals surface area (Å²) in [6.45, 7) is 3.14. The highest BCUT2D eigenvalue weighted by molar-refractivity contribution is 7.16. The molecule has 2 nitrogen and oxygen atoms in total. The Bertz CT molecular complexity index is 323. The Labute approximate surface area is 107 Å². The van der Waals surface area contributed by atoms with Gasteiger partial charge in [-0.15, -0.1) is 11.3 Å². The van der Waals surface area contributed by atoms with Crippen LogP contribution in [-0.2, 0) is 6.54 Å². The van der Waals surface area contributed by atoms with Crippen molar-refractivity contribution in [3.05, 3.63) is 21.3 Å². The van der Waals surface area contributed by atoms with E-state index in [1.54, 1.807) is 11.3 Å². The number of rotatable bonds is 6. The maximum Gasteiger partial charge on any atom is 0.0931 e. The van der Waals surface area contributed by atoms with Crippen molar-refractivity contribution in [3.63, 3.8) is 0 Å². The topological polar surface area (TPSA) is 15.3 Å². The second-order valence-electron chi connectivity index (χ2n) is 4.45. The highest BCUT2D eigenvalue weighted by Crippen LogP contribution is 2.23. The number of halogens is 1. The number of hydrogen-bond acceptors (Lipinski definition) is 3. The van der Waals surface area contributed by atoms with E-state index in [-0.39, 0.29) is 0 Å². The summed E-state index contributed by atoms with van der Waals surface area (Å²) >= 11 is 7.53. The molecule has 0 radical (unpaired) electrons. The summed E-state index contributed by atoms with van der Waals surface area (Å²) in [7, 11) is 2.23. The number of nitrogens with one attached hydrogen (secondary N) is 1. The quantitative estimate of drug-likeness (QED) is 0.790. The van der Waals surface area contributed by atoms with E-state index in [2.05, 4.69) is 23.3 Å². The lowest BCUT2D eigenvalue weighted by Gasteiger charge is -2.34. The van der Waals surface area contributed by atoms with Crippen molar-refractivity contribution in [2.24, 2.45) is 0 Å². The second kappa shape index (κ2) is 6.01. The van der Waals surface area contributed by atoms with Gasteiger partial charge < -0.3 is 10.2 Å². The van der Waals surface area contributed by atoms with Crippen molar-refractivity contribution < 1.29 is 0 Å². The standard InChI is InChI=1S/C12H19ClN2S/c1-15(10-3-2-4-10)8-7-14-9-11-5-6-12(13)16-11/h5-6,10,14H,2-4,7-9H2,1H3. The molecule has 1 aromatic heterocycles. The molecule has 1 fully saturated rings. The van der Waals surface area contributed by atoms with E-state index in [9.17, 15) is 0 Å². The van der Waals surface area contributed by atoms with Crippen molar-refractivity contribution in [1.82, 2.24) is 10.2 Å². The Kier molecular flexibility index (Phi) is 4.65. The third kappa shape index (κ3) is 3.45. The minimum absolute atomic E-state index is 0.845. The molecule has 0 spiro atoms. The lowest BCUT2D eigenvalue weighted by Crippen LogP contribution is -2.40. The smallest absolute Gasteiger partial charge is 0.0931 e. The zero-order valence-corrected chi connectivity index (χ0v) is 11.3. The molecule has 4 heteroatoms. The number of hydrogen-bond donors (Lipinski definition) is 1. The summed E-state index contributed by atoms with van der Waals surface area (Å²) in [6, 6.07) is 4.90. The average molecular weight is 259 g/mol. The van der Waals surface area contributed by atoms with E-state index in [1.165, 1.54) is 24.1 Å². The molecule has 1 N–H and O–H groups in total. The highest BCUT2D eigenvalue weighted by Gasteiger charge is 2.20. The summed E-state index contributed by atoms with van der Waals surface area (Å²) in [6.07, 6.45) is 4.18. The first-order valence-corrected chi connectivity index (χ1v) is 7.10. The van der Waals surface area contributed by atoms with Crippen molar-refractivity contribution >= 4 is 22.9 Å². The fraction of sp³-hybridized carbons (Fsp3) is 0.667. The van der Waals surface area contributed by atoms with Gasteiger partial charge in [0.05, 0.1) is 4.34 Å². The van der Waals surface area contributed by atoms with Crippen LogP contribution in [0.1, 0.15) is 24.1 Å². The first kappa shape index (κ1) is 12.4. The van der Waals surface area contributed by atoms with E-state index in [1.807, 2.05) is 6.07 Å². The van der Waals surface area contributed by atoms with Crippen LogP contribution in [0.3, 0.4) is 0 Å². The van der Waals surface area contributed by atoms with Gasteiger partial charge in [0.15, 0.2) is 0 Å². The SMILES string of the molecule is CN(CCNCc1ccc(Cl)s1)C1CCC1. The molecule has 0 saturated heterocycles. The molecule has 0 amide bonds. The van der Waals surface area contributed by atoms with Crippen LogP contribution in [0.15, 0.2) is 12.1 Å². The van der Waals surface area contributed by atoms with Crippen molar-refractivity contribution in [3.8, 4) is 0 Å². The fourth-order valence-corrected chi connectivity index (χ4v) is 2.98. The molecule has 1 aromatic rings. The molecular weight excluding hydrogens is 240 g/mol. The van der Waals surface area contributed by atoms with Crippen molar-refractivity contribution in [2.45, 2.75) is 31.8 Å². The zero-order chi connectivity index (χ0) is 11.4. The van der Waals surface area contributed by atoms with E-state index < -0.39 is 0 Å². The molecule has 0 unspecified atom stereocenters. The van der Waals surface area contributed by atoms with Gasteiger partial charge in [-0.2, -0.15) is 0 Å². The molecule has 1 aliphatic carbocycles. The van der Waals surface area contributed by atoms with Gasteiger partial charge in [-0.05, 0) is 32.0 Å². The van der Waals surface area contributed by atoms with Crippen LogP contribution in [0.4, 0.5) is 0 Å². The lowest BCUT2D eigenvalue weighted by atomic mass is 9.92. The Morgan fingerprint density at radius 3 is 2.88 bits per heavy atom. The molecule has 1 saturated carbocycles. The summed E-state index contributed by atoms with van der Waals surface area (Å²) < 4.78 is 0.878. The minimum atomic E-state index is 0.845. The minimum Gasteiger partial charge on any atom is -0.311 e. The van der Waals surface area contributed by atoms with Crippen LogP contribution in [0.25, 0.3) is 0 Å². The van der Waals surface area contributed by atoms with Crippen LogP contribution in [0.5, 0.6) is 0 Å². The molecule has 1 heterocycles. The molecule has 0 aliphatic heterocycles. The maximum atomic E-state index is 5.87. The van der Waals surface area contributed by atoms with Crippen LogP contribution in [0.2, 0.25) is 4.34 Å². The lowest BCUT2D eigenvalue weighted by molar-refractivity contribution is 0.160. The molecule has 0 atom stereocenters. The maximum absolute atomic E-state index is 5.87. The Balaban J connectivity index is 1.57. The van der Waals surface area contributed by atoms with Gasteiger partial charge in [-0.1, -0.05) is 18.0 Å². The number of thiophene rings is 1. The van der Waals surface area contributed by atoms with Gasteiger partial charge in [0.25, 0.3) is 0 Å². The van der Waals surface area contributed by atoms with Gasteiger partial charge in [0.2, 0.25) is 0 Å². The van der Waals surface area contributed by atoms with Crippen LogP contribution < -0.4 is 5.32 Å². The summed E-state index contributed by atoms with van der Waals surface area (Å²) in [5, 5.41) is 3.46. The van der Waals surface area contributed by atoms with Gasteiger partial charge in [-0.25, -0.2) is 0 Å². The average Bonchev–Trinajstić information content (AvgIpc) is 2.56. The summed E-state index contributed by atoms with van der Waals surface area (Å²) in [4.78, 5) is 3.79. The molecule has 0 bridgehead atoms. The van der Waals surface area contributed by atoms with Gasteiger partial charge in [-0.3, -0.25) is 0 Å².